The Morgan fingerprint density at radius 1 is 1.33 bits per heavy atom. The van der Waals surface area contributed by atoms with Gasteiger partial charge in [0.05, 0.1) is 10.7 Å². The Morgan fingerprint density at radius 3 is 3.00 bits per heavy atom. The lowest BCUT2D eigenvalue weighted by Gasteiger charge is -2.10. The fraction of sp³-hybridized carbons (Fsp3) is 0.267. The summed E-state index contributed by atoms with van der Waals surface area (Å²) < 4.78 is 12.3. The number of pyridine rings is 1. The maximum Gasteiger partial charge on any atom is 0.250 e. The molecule has 21 heavy (non-hydrogen) atoms. The number of nitrogens with zero attached hydrogens (tertiary/aromatic N) is 1. The number of rotatable bonds is 4. The minimum Gasteiger partial charge on any atom is -0.454 e. The Balaban J connectivity index is 1.76. The second kappa shape index (κ2) is 5.69. The summed E-state index contributed by atoms with van der Waals surface area (Å²) in [5, 5.41) is 3.81. The monoisotopic (exact) mass is 306 g/mol. The third-order valence-corrected chi connectivity index (χ3v) is 3.59. The lowest BCUT2D eigenvalue weighted by atomic mass is 10.2. The van der Waals surface area contributed by atoms with Gasteiger partial charge < -0.3 is 19.4 Å². The number of benzene rings is 1. The maximum atomic E-state index is 11.5. The molecule has 6 heteroatoms. The molecule has 0 saturated carbocycles. The normalized spacial score (nSPS) is 12.5. The van der Waals surface area contributed by atoms with Crippen LogP contribution in [0, 0.1) is 0 Å². The minimum absolute atomic E-state index is 0.00539. The Hall–Kier alpha value is -2.14. The number of ether oxygens (including phenoxy) is 2. The van der Waals surface area contributed by atoms with E-state index in [9.17, 15) is 4.79 Å². The van der Waals surface area contributed by atoms with Gasteiger partial charge in [0, 0.05) is 25.4 Å². The van der Waals surface area contributed by atoms with Crippen molar-refractivity contribution in [3.63, 3.8) is 0 Å². The number of nitrogens with one attached hydrogen (secondary N) is 1. The summed E-state index contributed by atoms with van der Waals surface area (Å²) in [7, 11) is 0. The molecule has 1 aromatic heterocycles. The topological polar surface area (TPSA) is 52.5 Å². The zero-order valence-electron chi connectivity index (χ0n) is 11.6. The largest absolute Gasteiger partial charge is 0.454 e. The molecule has 0 saturated heterocycles. The molecule has 0 radical (unpaired) electrons. The van der Waals surface area contributed by atoms with Crippen LogP contribution in [0.3, 0.4) is 0 Å². The van der Waals surface area contributed by atoms with Gasteiger partial charge in [-0.1, -0.05) is 11.6 Å². The molecule has 1 N–H and O–H groups in total. The molecular formula is C15H15ClN2O3. The van der Waals surface area contributed by atoms with Crippen molar-refractivity contribution < 1.29 is 9.47 Å². The number of aryl methyl sites for hydroxylation is 1. The molecule has 0 unspecified atom stereocenters. The SMILES string of the molecule is CCn1cc(NCc2cc(Cl)c3c(c2)OCO3)ccc1=O. The number of hydrogen-bond acceptors (Lipinski definition) is 4. The molecule has 110 valence electrons. The van der Waals surface area contributed by atoms with Crippen molar-refractivity contribution in [3.8, 4) is 11.5 Å². The van der Waals surface area contributed by atoms with Crippen LogP contribution in [-0.2, 0) is 13.1 Å². The first-order valence-corrected chi connectivity index (χ1v) is 7.07. The summed E-state index contributed by atoms with van der Waals surface area (Å²) >= 11 is 6.15. The van der Waals surface area contributed by atoms with E-state index in [0.717, 1.165) is 11.3 Å². The van der Waals surface area contributed by atoms with Crippen molar-refractivity contribution in [2.75, 3.05) is 12.1 Å². The number of hydrogen-bond donors (Lipinski definition) is 1. The number of fused-ring (bicyclic) bond motifs is 1. The second-order valence-electron chi connectivity index (χ2n) is 4.71. The lowest BCUT2D eigenvalue weighted by molar-refractivity contribution is 0.174. The highest BCUT2D eigenvalue weighted by atomic mass is 35.5. The molecular weight excluding hydrogens is 292 g/mol. The van der Waals surface area contributed by atoms with Gasteiger partial charge in [0.15, 0.2) is 11.5 Å². The van der Waals surface area contributed by atoms with Crippen LogP contribution >= 0.6 is 11.6 Å². The van der Waals surface area contributed by atoms with Gasteiger partial charge in [-0.2, -0.15) is 0 Å². The number of halogens is 1. The summed E-state index contributed by atoms with van der Waals surface area (Å²) in [5.41, 5.74) is 1.86. The van der Waals surface area contributed by atoms with Crippen LogP contribution in [0.25, 0.3) is 0 Å². The first-order chi connectivity index (χ1) is 10.2. The predicted molar refractivity (Wildman–Crippen MR) is 81.3 cm³/mol. The molecule has 2 heterocycles. The van der Waals surface area contributed by atoms with Crippen molar-refractivity contribution in [2.45, 2.75) is 20.0 Å². The van der Waals surface area contributed by atoms with E-state index in [2.05, 4.69) is 5.32 Å². The Labute approximate surface area is 127 Å². The quantitative estimate of drug-likeness (QED) is 0.943. The van der Waals surface area contributed by atoms with Crippen LogP contribution in [0.15, 0.2) is 35.3 Å². The summed E-state index contributed by atoms with van der Waals surface area (Å²) in [6.45, 7) is 3.36. The molecule has 0 atom stereocenters. The summed E-state index contributed by atoms with van der Waals surface area (Å²) in [5.74, 6) is 1.26. The summed E-state index contributed by atoms with van der Waals surface area (Å²) in [6.07, 6.45) is 1.80. The standard InChI is InChI=1S/C15H15ClN2O3/c1-2-18-8-11(3-4-14(18)19)17-7-10-5-12(16)15-13(6-10)20-9-21-15/h3-6,8,17H,2,7,9H2,1H3. The van der Waals surface area contributed by atoms with Gasteiger partial charge in [0.25, 0.3) is 5.56 Å². The van der Waals surface area contributed by atoms with E-state index in [1.807, 2.05) is 19.1 Å². The molecule has 1 aliphatic heterocycles. The average Bonchev–Trinajstić information content (AvgIpc) is 2.95. The molecule has 5 nitrogen and oxygen atoms in total. The molecule has 1 aromatic carbocycles. The predicted octanol–water partition coefficient (Wildman–Crippen LogP) is 2.86. The van der Waals surface area contributed by atoms with E-state index < -0.39 is 0 Å². The Kier molecular flexibility index (Phi) is 3.75. The highest BCUT2D eigenvalue weighted by Gasteiger charge is 2.18. The Morgan fingerprint density at radius 2 is 2.19 bits per heavy atom. The van der Waals surface area contributed by atoms with E-state index in [1.165, 1.54) is 0 Å². The van der Waals surface area contributed by atoms with Crippen LogP contribution in [0.1, 0.15) is 12.5 Å². The van der Waals surface area contributed by atoms with Crippen molar-refractivity contribution in [1.29, 1.82) is 0 Å². The summed E-state index contributed by atoms with van der Waals surface area (Å²) in [6, 6.07) is 7.07. The van der Waals surface area contributed by atoms with E-state index in [4.69, 9.17) is 21.1 Å². The smallest absolute Gasteiger partial charge is 0.250 e. The van der Waals surface area contributed by atoms with Gasteiger partial charge in [-0.3, -0.25) is 4.79 Å². The van der Waals surface area contributed by atoms with Gasteiger partial charge in [0.1, 0.15) is 0 Å². The third-order valence-electron chi connectivity index (χ3n) is 3.31. The fourth-order valence-electron chi connectivity index (χ4n) is 2.21. The maximum absolute atomic E-state index is 11.5. The lowest BCUT2D eigenvalue weighted by Crippen LogP contribution is -2.17. The van der Waals surface area contributed by atoms with Crippen molar-refractivity contribution in [1.82, 2.24) is 4.57 Å². The van der Waals surface area contributed by atoms with E-state index in [-0.39, 0.29) is 12.4 Å². The van der Waals surface area contributed by atoms with Gasteiger partial charge in [0.2, 0.25) is 6.79 Å². The number of aromatic nitrogens is 1. The molecule has 1 aliphatic rings. The molecule has 3 rings (SSSR count). The zero-order chi connectivity index (χ0) is 14.8. The van der Waals surface area contributed by atoms with E-state index in [0.29, 0.717) is 29.6 Å². The average molecular weight is 307 g/mol. The molecule has 0 fully saturated rings. The third kappa shape index (κ3) is 2.83. The van der Waals surface area contributed by atoms with E-state index >= 15 is 0 Å². The van der Waals surface area contributed by atoms with Gasteiger partial charge in [-0.25, -0.2) is 0 Å². The van der Waals surface area contributed by atoms with Crippen LogP contribution in [0.2, 0.25) is 5.02 Å². The molecule has 0 aliphatic carbocycles. The second-order valence-corrected chi connectivity index (χ2v) is 5.11. The van der Waals surface area contributed by atoms with Crippen molar-refractivity contribution in [2.24, 2.45) is 0 Å². The Bertz CT molecular complexity index is 727. The van der Waals surface area contributed by atoms with Crippen LogP contribution in [0.5, 0.6) is 11.5 Å². The van der Waals surface area contributed by atoms with Crippen LogP contribution in [0.4, 0.5) is 5.69 Å². The number of anilines is 1. The van der Waals surface area contributed by atoms with Crippen molar-refractivity contribution in [3.05, 3.63) is 51.4 Å². The summed E-state index contributed by atoms with van der Waals surface area (Å²) in [4.78, 5) is 11.5. The first kappa shape index (κ1) is 13.8. The van der Waals surface area contributed by atoms with Gasteiger partial charge in [-0.15, -0.1) is 0 Å². The van der Waals surface area contributed by atoms with Gasteiger partial charge in [-0.05, 0) is 30.7 Å². The van der Waals surface area contributed by atoms with Crippen molar-refractivity contribution >= 4 is 17.3 Å². The fourth-order valence-corrected chi connectivity index (χ4v) is 2.50. The molecule has 0 spiro atoms. The zero-order valence-corrected chi connectivity index (χ0v) is 12.3. The minimum atomic E-state index is -0.00539. The highest BCUT2D eigenvalue weighted by Crippen LogP contribution is 2.39. The van der Waals surface area contributed by atoms with Gasteiger partial charge >= 0.3 is 0 Å². The van der Waals surface area contributed by atoms with E-state index in [1.54, 1.807) is 22.9 Å². The first-order valence-electron chi connectivity index (χ1n) is 6.70. The van der Waals surface area contributed by atoms with Crippen LogP contribution in [-0.4, -0.2) is 11.4 Å². The molecule has 0 amide bonds. The van der Waals surface area contributed by atoms with Crippen LogP contribution < -0.4 is 20.3 Å². The molecule has 0 bridgehead atoms. The molecule has 2 aromatic rings. The highest BCUT2D eigenvalue weighted by molar-refractivity contribution is 6.32.